The third-order valence-electron chi connectivity index (χ3n) is 2.88. The number of esters is 1. The van der Waals surface area contributed by atoms with Crippen molar-refractivity contribution in [3.05, 3.63) is 57.3 Å². The average molecular weight is 317 g/mol. The molecule has 0 aliphatic heterocycles. The summed E-state index contributed by atoms with van der Waals surface area (Å²) in [4.78, 5) is 37.1. The predicted octanol–water partition coefficient (Wildman–Crippen LogP) is 2.48. The zero-order valence-corrected chi connectivity index (χ0v) is 13.0. The number of aryl methyl sites for hydroxylation is 2. The maximum Gasteiger partial charge on any atom is 0.339 e. The Hall–Kier alpha value is -2.47. The quantitative estimate of drug-likeness (QED) is 0.879. The molecule has 2 aromatic rings. The van der Waals surface area contributed by atoms with Gasteiger partial charge in [-0.1, -0.05) is 18.2 Å². The Kier molecular flexibility index (Phi) is 5.06. The first-order chi connectivity index (χ1) is 10.5. The fraction of sp³-hybridized carbons (Fsp3) is 0.188. The molecule has 0 radical (unpaired) electrons. The average Bonchev–Trinajstić information content (AvgIpc) is 2.84. The molecule has 0 saturated heterocycles. The molecule has 0 spiro atoms. The second-order valence-corrected chi connectivity index (χ2v) is 6.11. The number of carbonyl (C=O) groups is 3. The van der Waals surface area contributed by atoms with Gasteiger partial charge in [-0.2, -0.15) is 0 Å². The van der Waals surface area contributed by atoms with Gasteiger partial charge in [0, 0.05) is 15.3 Å². The smallest absolute Gasteiger partial charge is 0.339 e. The third kappa shape index (κ3) is 4.02. The second kappa shape index (κ2) is 7.00. The highest BCUT2D eigenvalue weighted by Gasteiger charge is 2.16. The molecule has 1 heterocycles. The van der Waals surface area contributed by atoms with Gasteiger partial charge < -0.3 is 4.74 Å². The summed E-state index contributed by atoms with van der Waals surface area (Å²) in [6.45, 7) is 3.21. The lowest BCUT2D eigenvalue weighted by molar-refractivity contribution is -0.123. The highest BCUT2D eigenvalue weighted by molar-refractivity contribution is 7.12. The van der Waals surface area contributed by atoms with E-state index < -0.39 is 24.4 Å². The molecule has 1 N–H and O–H groups in total. The lowest BCUT2D eigenvalue weighted by Gasteiger charge is -2.05. The normalized spacial score (nSPS) is 10.1. The van der Waals surface area contributed by atoms with Gasteiger partial charge in [0.1, 0.15) is 0 Å². The molecule has 1 aromatic heterocycles. The zero-order valence-electron chi connectivity index (χ0n) is 12.2. The van der Waals surface area contributed by atoms with Crippen molar-refractivity contribution in [2.75, 3.05) is 6.61 Å². The van der Waals surface area contributed by atoms with Gasteiger partial charge in [-0.25, -0.2) is 4.79 Å². The van der Waals surface area contributed by atoms with E-state index in [1.807, 2.05) is 13.8 Å². The van der Waals surface area contributed by atoms with Crippen molar-refractivity contribution in [1.29, 1.82) is 0 Å². The van der Waals surface area contributed by atoms with Gasteiger partial charge >= 0.3 is 5.97 Å². The number of hydrogen-bond acceptors (Lipinski definition) is 5. The van der Waals surface area contributed by atoms with Crippen LogP contribution in [0.1, 0.15) is 30.5 Å². The molecule has 0 aliphatic rings. The molecule has 2 rings (SSSR count). The molecular weight excluding hydrogens is 302 g/mol. The molecule has 0 bridgehead atoms. The van der Waals surface area contributed by atoms with Gasteiger partial charge in [-0.15, -0.1) is 11.3 Å². The van der Waals surface area contributed by atoms with Crippen LogP contribution in [0.5, 0.6) is 0 Å². The summed E-state index contributed by atoms with van der Waals surface area (Å²) in [5.41, 5.74) is 0.816. The summed E-state index contributed by atoms with van der Waals surface area (Å²) in [5.74, 6) is -1.75. The lowest BCUT2D eigenvalue weighted by atomic mass is 10.2. The van der Waals surface area contributed by atoms with Crippen molar-refractivity contribution in [3.63, 3.8) is 0 Å². The Morgan fingerprint density at radius 3 is 2.41 bits per heavy atom. The Balaban J connectivity index is 1.87. The summed E-state index contributed by atoms with van der Waals surface area (Å²) >= 11 is 1.48. The lowest BCUT2D eigenvalue weighted by Crippen LogP contribution is -2.34. The van der Waals surface area contributed by atoms with Crippen LogP contribution >= 0.6 is 11.3 Å². The number of hydrogen-bond donors (Lipinski definition) is 1. The zero-order chi connectivity index (χ0) is 16.1. The van der Waals surface area contributed by atoms with Crippen LogP contribution in [0.25, 0.3) is 0 Å². The van der Waals surface area contributed by atoms with Crippen LogP contribution in [0.2, 0.25) is 0 Å². The maximum atomic E-state index is 11.9. The first-order valence-corrected chi connectivity index (χ1v) is 7.42. The van der Waals surface area contributed by atoms with Gasteiger partial charge in [0.15, 0.2) is 6.61 Å². The van der Waals surface area contributed by atoms with Gasteiger partial charge in [-0.05, 0) is 32.0 Å². The van der Waals surface area contributed by atoms with Crippen LogP contribution in [-0.2, 0) is 9.53 Å². The second-order valence-electron chi connectivity index (χ2n) is 4.65. The van der Waals surface area contributed by atoms with Crippen LogP contribution in [0.4, 0.5) is 0 Å². The van der Waals surface area contributed by atoms with Crippen molar-refractivity contribution in [1.82, 2.24) is 5.32 Å². The minimum Gasteiger partial charge on any atom is -0.452 e. The molecule has 0 fully saturated rings. The van der Waals surface area contributed by atoms with E-state index in [4.69, 9.17) is 4.74 Å². The first-order valence-electron chi connectivity index (χ1n) is 6.61. The topological polar surface area (TPSA) is 72.5 Å². The minimum absolute atomic E-state index is 0.367. The van der Waals surface area contributed by atoms with Crippen LogP contribution in [0.15, 0.2) is 36.4 Å². The number of imide groups is 1. The highest BCUT2D eigenvalue weighted by atomic mass is 32.1. The molecule has 6 heteroatoms. The van der Waals surface area contributed by atoms with Crippen molar-refractivity contribution >= 4 is 29.1 Å². The van der Waals surface area contributed by atoms with E-state index in [0.717, 1.165) is 9.75 Å². The standard InChI is InChI=1S/C16H15NO4S/c1-10-8-13(11(2)22-10)16(20)21-9-14(18)17-15(19)12-6-4-3-5-7-12/h3-8H,9H2,1-2H3,(H,17,18,19). The van der Waals surface area contributed by atoms with Gasteiger partial charge in [0.25, 0.3) is 11.8 Å². The number of benzene rings is 1. The van der Waals surface area contributed by atoms with Crippen molar-refractivity contribution in [3.8, 4) is 0 Å². The van der Waals surface area contributed by atoms with Crippen molar-refractivity contribution in [2.45, 2.75) is 13.8 Å². The van der Waals surface area contributed by atoms with E-state index in [2.05, 4.69) is 5.32 Å². The molecule has 5 nitrogen and oxygen atoms in total. The van der Waals surface area contributed by atoms with Crippen LogP contribution < -0.4 is 5.32 Å². The summed E-state index contributed by atoms with van der Waals surface area (Å²) in [5, 5.41) is 2.17. The Morgan fingerprint density at radius 2 is 1.82 bits per heavy atom. The molecular formula is C16H15NO4S. The summed E-state index contributed by atoms with van der Waals surface area (Å²) in [6, 6.07) is 10.1. The minimum atomic E-state index is -0.660. The number of ether oxygens (including phenoxy) is 1. The van der Waals surface area contributed by atoms with Crippen LogP contribution in [0.3, 0.4) is 0 Å². The maximum absolute atomic E-state index is 11.9. The number of amides is 2. The molecule has 1 aromatic carbocycles. The summed E-state index contributed by atoms with van der Waals surface area (Å²) in [7, 11) is 0. The van der Waals surface area contributed by atoms with E-state index >= 15 is 0 Å². The SMILES string of the molecule is Cc1cc(C(=O)OCC(=O)NC(=O)c2ccccc2)c(C)s1. The number of carbonyl (C=O) groups excluding carboxylic acids is 3. The van der Waals surface area contributed by atoms with Gasteiger partial charge in [0.2, 0.25) is 0 Å². The molecule has 114 valence electrons. The fourth-order valence-electron chi connectivity index (χ4n) is 1.87. The Morgan fingerprint density at radius 1 is 1.14 bits per heavy atom. The van der Waals surface area contributed by atoms with E-state index in [1.54, 1.807) is 36.4 Å². The molecule has 2 amide bonds. The predicted molar refractivity (Wildman–Crippen MR) is 83.0 cm³/mol. The number of thiophene rings is 1. The largest absolute Gasteiger partial charge is 0.452 e. The van der Waals surface area contributed by atoms with Crippen molar-refractivity contribution in [2.24, 2.45) is 0 Å². The first kappa shape index (κ1) is 15.9. The van der Waals surface area contributed by atoms with E-state index in [1.165, 1.54) is 11.3 Å². The number of rotatable bonds is 4. The summed E-state index contributed by atoms with van der Waals surface area (Å²) in [6.07, 6.45) is 0. The number of nitrogens with one attached hydrogen (secondary N) is 1. The van der Waals surface area contributed by atoms with Gasteiger partial charge in [-0.3, -0.25) is 14.9 Å². The molecule has 0 saturated carbocycles. The molecule has 0 atom stereocenters. The molecule has 0 aliphatic carbocycles. The van der Waals surface area contributed by atoms with E-state index in [0.29, 0.717) is 11.1 Å². The van der Waals surface area contributed by atoms with Gasteiger partial charge in [0.05, 0.1) is 5.56 Å². The highest BCUT2D eigenvalue weighted by Crippen LogP contribution is 2.21. The van der Waals surface area contributed by atoms with E-state index in [-0.39, 0.29) is 0 Å². The van der Waals surface area contributed by atoms with E-state index in [9.17, 15) is 14.4 Å². The fourth-order valence-corrected chi connectivity index (χ4v) is 2.78. The Bertz CT molecular complexity index is 706. The summed E-state index contributed by atoms with van der Waals surface area (Å²) < 4.78 is 4.92. The monoisotopic (exact) mass is 317 g/mol. The third-order valence-corrected chi connectivity index (χ3v) is 3.85. The van der Waals surface area contributed by atoms with Crippen LogP contribution in [-0.4, -0.2) is 24.4 Å². The molecule has 22 heavy (non-hydrogen) atoms. The van der Waals surface area contributed by atoms with Crippen LogP contribution in [0, 0.1) is 13.8 Å². The molecule has 0 unspecified atom stereocenters. The van der Waals surface area contributed by atoms with Crippen molar-refractivity contribution < 1.29 is 19.1 Å². The Labute approximate surface area is 131 Å².